The molecule has 1 amide bonds. The van der Waals surface area contributed by atoms with Crippen molar-refractivity contribution in [3.8, 4) is 11.8 Å². The zero-order chi connectivity index (χ0) is 9.84. The Balaban J connectivity index is 2.89. The predicted octanol–water partition coefficient (Wildman–Crippen LogP) is -0.322. The number of hydrogen-bond acceptors (Lipinski definition) is 4. The van der Waals surface area contributed by atoms with Gasteiger partial charge in [-0.05, 0) is 5.92 Å². The maximum atomic E-state index is 10.4. The van der Waals surface area contributed by atoms with Crippen molar-refractivity contribution in [2.75, 3.05) is 0 Å². The Morgan fingerprint density at radius 2 is 2.31 bits per heavy atom. The zero-order valence-corrected chi connectivity index (χ0v) is 7.09. The number of rotatable bonds is 1. The lowest BCUT2D eigenvalue weighted by atomic mass is 10.5. The van der Waals surface area contributed by atoms with Crippen LogP contribution >= 0.6 is 11.3 Å². The Morgan fingerprint density at radius 3 is 2.77 bits per heavy atom. The maximum absolute atomic E-state index is 10.4. The molecule has 0 aromatic carbocycles. The molecule has 0 saturated heterocycles. The van der Waals surface area contributed by atoms with E-state index >= 15 is 0 Å². The van der Waals surface area contributed by atoms with Crippen molar-refractivity contribution in [3.05, 3.63) is 16.1 Å². The van der Waals surface area contributed by atoms with Crippen LogP contribution in [0.2, 0.25) is 0 Å². The molecule has 0 atom stereocenters. The highest BCUT2D eigenvalue weighted by molar-refractivity contribution is 7.14. The van der Waals surface area contributed by atoms with Gasteiger partial charge >= 0.3 is 5.97 Å². The highest BCUT2D eigenvalue weighted by Crippen LogP contribution is 2.10. The smallest absolute Gasteiger partial charge is 0.347 e. The second-order valence-electron chi connectivity index (χ2n) is 1.95. The van der Waals surface area contributed by atoms with E-state index in [4.69, 9.17) is 10.8 Å². The number of primary amides is 1. The van der Waals surface area contributed by atoms with Crippen LogP contribution in [0.25, 0.3) is 0 Å². The van der Waals surface area contributed by atoms with Crippen molar-refractivity contribution in [1.82, 2.24) is 4.98 Å². The Kier molecular flexibility index (Phi) is 2.62. The van der Waals surface area contributed by atoms with E-state index in [-0.39, 0.29) is 9.88 Å². The van der Waals surface area contributed by atoms with E-state index in [1.165, 1.54) is 6.20 Å². The van der Waals surface area contributed by atoms with E-state index in [0.717, 1.165) is 11.3 Å². The van der Waals surface area contributed by atoms with Crippen molar-refractivity contribution >= 4 is 23.2 Å². The Morgan fingerprint density at radius 1 is 1.62 bits per heavy atom. The molecule has 0 bridgehead atoms. The summed E-state index contributed by atoms with van der Waals surface area (Å²) in [4.78, 5) is 24.3. The lowest BCUT2D eigenvalue weighted by molar-refractivity contribution is -0.112. The molecule has 6 heteroatoms. The zero-order valence-electron chi connectivity index (χ0n) is 6.27. The first-order valence-corrected chi connectivity index (χ1v) is 3.92. The average molecular weight is 196 g/mol. The molecule has 0 spiro atoms. The molecule has 0 unspecified atom stereocenters. The Bertz CT molecular complexity index is 413. The predicted molar refractivity (Wildman–Crippen MR) is 45.1 cm³/mol. The Hall–Kier alpha value is -1.87. The molecule has 1 heterocycles. The number of carboxylic acid groups (broad SMARTS) is 1. The number of nitrogens with zero attached hydrogens (tertiary/aromatic N) is 1. The summed E-state index contributed by atoms with van der Waals surface area (Å²) in [5, 5.41) is 8.77. The van der Waals surface area contributed by atoms with Crippen molar-refractivity contribution < 1.29 is 14.7 Å². The van der Waals surface area contributed by atoms with Gasteiger partial charge in [0.25, 0.3) is 5.91 Å². The van der Waals surface area contributed by atoms with E-state index in [2.05, 4.69) is 16.8 Å². The summed E-state index contributed by atoms with van der Waals surface area (Å²) in [6, 6.07) is 0. The summed E-state index contributed by atoms with van der Waals surface area (Å²) in [5.41, 5.74) is 4.75. The van der Waals surface area contributed by atoms with Crippen LogP contribution in [0.4, 0.5) is 0 Å². The summed E-state index contributed by atoms with van der Waals surface area (Å²) in [6.07, 6.45) is 1.18. The van der Waals surface area contributed by atoms with Crippen molar-refractivity contribution in [2.24, 2.45) is 5.73 Å². The van der Waals surface area contributed by atoms with E-state index < -0.39 is 11.9 Å². The third kappa shape index (κ3) is 2.57. The van der Waals surface area contributed by atoms with Crippen LogP contribution in [0.1, 0.15) is 14.7 Å². The normalized spacial score (nSPS) is 8.62. The van der Waals surface area contributed by atoms with Gasteiger partial charge in [-0.15, -0.1) is 0 Å². The van der Waals surface area contributed by atoms with Crippen molar-refractivity contribution in [3.63, 3.8) is 0 Å². The SMILES string of the molecule is NC(=O)C#Cc1ncc(C(=O)O)s1. The number of aromatic carboxylic acids is 1. The molecule has 0 radical (unpaired) electrons. The molecule has 1 aromatic rings. The number of carbonyl (C=O) groups is 2. The van der Waals surface area contributed by atoms with Gasteiger partial charge in [0, 0.05) is 5.92 Å². The average Bonchev–Trinajstić information content (AvgIpc) is 2.48. The minimum absolute atomic E-state index is 0.0776. The lowest BCUT2D eigenvalue weighted by Gasteiger charge is -1.78. The first-order valence-electron chi connectivity index (χ1n) is 3.10. The van der Waals surface area contributed by atoms with Crippen LogP contribution in [0.15, 0.2) is 6.20 Å². The largest absolute Gasteiger partial charge is 0.477 e. The summed E-state index contributed by atoms with van der Waals surface area (Å²) < 4.78 is 0. The highest BCUT2D eigenvalue weighted by Gasteiger charge is 2.06. The van der Waals surface area contributed by atoms with Gasteiger partial charge < -0.3 is 10.8 Å². The molecule has 66 valence electrons. The number of amides is 1. The van der Waals surface area contributed by atoms with Gasteiger partial charge in [0.15, 0.2) is 5.01 Å². The number of hydrogen-bond donors (Lipinski definition) is 2. The van der Waals surface area contributed by atoms with Gasteiger partial charge in [0.2, 0.25) is 0 Å². The highest BCUT2D eigenvalue weighted by atomic mass is 32.1. The maximum Gasteiger partial charge on any atom is 0.347 e. The number of aromatic nitrogens is 1. The van der Waals surface area contributed by atoms with Gasteiger partial charge in [0.1, 0.15) is 4.88 Å². The summed E-state index contributed by atoms with van der Waals surface area (Å²) in [7, 11) is 0. The number of carbonyl (C=O) groups excluding carboxylic acids is 1. The molecular formula is C7H4N2O3S. The minimum Gasteiger partial charge on any atom is -0.477 e. The molecule has 1 aromatic heterocycles. The Labute approximate surface area is 77.2 Å². The number of thiazole rings is 1. The third-order valence-electron chi connectivity index (χ3n) is 1.01. The standard InChI is InChI=1S/C7H4N2O3S/c8-5(10)1-2-6-9-3-4(13-6)7(11)12/h3H,(H2,8,10)(H,11,12). The number of nitrogens with two attached hydrogens (primary N) is 1. The quantitative estimate of drug-likeness (QED) is 0.602. The topological polar surface area (TPSA) is 93.3 Å². The minimum atomic E-state index is -1.07. The lowest BCUT2D eigenvalue weighted by Crippen LogP contribution is -2.06. The van der Waals surface area contributed by atoms with Gasteiger partial charge in [-0.2, -0.15) is 0 Å². The van der Waals surface area contributed by atoms with Crippen LogP contribution in [-0.4, -0.2) is 22.0 Å². The summed E-state index contributed by atoms with van der Waals surface area (Å²) in [5.74, 6) is 2.56. The van der Waals surface area contributed by atoms with E-state index in [0.29, 0.717) is 0 Å². The van der Waals surface area contributed by atoms with Crippen LogP contribution in [-0.2, 0) is 4.79 Å². The van der Waals surface area contributed by atoms with Gasteiger partial charge in [-0.25, -0.2) is 9.78 Å². The molecule has 0 aliphatic heterocycles. The van der Waals surface area contributed by atoms with E-state index in [1.54, 1.807) is 0 Å². The molecular weight excluding hydrogens is 192 g/mol. The second-order valence-corrected chi connectivity index (χ2v) is 2.98. The third-order valence-corrected chi connectivity index (χ3v) is 1.91. The molecule has 1 rings (SSSR count). The fourth-order valence-corrected chi connectivity index (χ4v) is 1.15. The van der Waals surface area contributed by atoms with E-state index in [1.807, 2.05) is 0 Å². The first kappa shape index (κ1) is 9.22. The van der Waals surface area contributed by atoms with Crippen LogP contribution in [0.3, 0.4) is 0 Å². The van der Waals surface area contributed by atoms with Gasteiger partial charge in [0.05, 0.1) is 6.20 Å². The fourth-order valence-electron chi connectivity index (χ4n) is 0.546. The van der Waals surface area contributed by atoms with Crippen molar-refractivity contribution in [1.29, 1.82) is 0 Å². The molecule has 3 N–H and O–H groups in total. The van der Waals surface area contributed by atoms with E-state index in [9.17, 15) is 9.59 Å². The number of carboxylic acids is 1. The van der Waals surface area contributed by atoms with Crippen LogP contribution < -0.4 is 5.73 Å². The summed E-state index contributed by atoms with van der Waals surface area (Å²) >= 11 is 0.891. The molecule has 5 nitrogen and oxygen atoms in total. The van der Waals surface area contributed by atoms with Crippen LogP contribution in [0.5, 0.6) is 0 Å². The monoisotopic (exact) mass is 196 g/mol. The summed E-state index contributed by atoms with van der Waals surface area (Å²) in [6.45, 7) is 0. The fraction of sp³-hybridized carbons (Fsp3) is 0. The van der Waals surface area contributed by atoms with Gasteiger partial charge in [-0.3, -0.25) is 4.79 Å². The molecule has 0 saturated carbocycles. The molecule has 13 heavy (non-hydrogen) atoms. The molecule has 0 aliphatic carbocycles. The van der Waals surface area contributed by atoms with Crippen molar-refractivity contribution in [2.45, 2.75) is 0 Å². The second kappa shape index (κ2) is 3.69. The van der Waals surface area contributed by atoms with Gasteiger partial charge in [-0.1, -0.05) is 11.3 Å². The molecule has 0 aliphatic rings. The molecule has 0 fully saturated rings. The van der Waals surface area contributed by atoms with Crippen LogP contribution in [0, 0.1) is 11.8 Å². The first-order chi connectivity index (χ1) is 6.09.